The summed E-state index contributed by atoms with van der Waals surface area (Å²) < 4.78 is 0. The molecule has 0 aliphatic carbocycles. The second-order valence-electron chi connectivity index (χ2n) is 5.32. The van der Waals surface area contributed by atoms with E-state index in [1.807, 2.05) is 12.1 Å². The third-order valence-electron chi connectivity index (χ3n) is 3.95. The molecule has 3 heterocycles. The molecule has 2 bridgehead atoms. The molecule has 4 nitrogen and oxygen atoms in total. The van der Waals surface area contributed by atoms with Gasteiger partial charge in [0.2, 0.25) is 0 Å². The standard InChI is InChI=1S/C14H18N4/c15-8-14-7-11(3-5-16-14)9-18-6-4-12-1-2-13(10-18)17-12/h3,5,7,12-13,17H,1-2,4,6,9-10H2. The lowest BCUT2D eigenvalue weighted by atomic mass is 10.1. The highest BCUT2D eigenvalue weighted by Gasteiger charge is 2.28. The maximum Gasteiger partial charge on any atom is 0.140 e. The van der Waals surface area contributed by atoms with Crippen LogP contribution in [0.2, 0.25) is 0 Å². The Morgan fingerprint density at radius 3 is 3.17 bits per heavy atom. The maximum atomic E-state index is 8.86. The second kappa shape index (κ2) is 5.05. The van der Waals surface area contributed by atoms with Gasteiger partial charge in [-0.2, -0.15) is 5.26 Å². The normalized spacial score (nSPS) is 27.7. The summed E-state index contributed by atoms with van der Waals surface area (Å²) >= 11 is 0. The Labute approximate surface area is 108 Å². The molecule has 1 N–H and O–H groups in total. The van der Waals surface area contributed by atoms with Gasteiger partial charge in [-0.25, -0.2) is 4.98 Å². The molecule has 3 rings (SSSR count). The SMILES string of the molecule is N#Cc1cc(CN2CCC3CCC(C2)N3)ccn1. The number of aromatic nitrogens is 1. The van der Waals surface area contributed by atoms with Crippen LogP contribution in [0.15, 0.2) is 18.3 Å². The quantitative estimate of drug-likeness (QED) is 0.849. The number of hydrogen-bond acceptors (Lipinski definition) is 4. The first kappa shape index (κ1) is 11.6. The monoisotopic (exact) mass is 242 g/mol. The van der Waals surface area contributed by atoms with Crippen molar-refractivity contribution in [3.05, 3.63) is 29.6 Å². The van der Waals surface area contributed by atoms with E-state index in [1.165, 1.54) is 24.8 Å². The van der Waals surface area contributed by atoms with Crippen molar-refractivity contribution in [3.63, 3.8) is 0 Å². The first-order valence-electron chi connectivity index (χ1n) is 6.67. The highest BCUT2D eigenvalue weighted by Crippen LogP contribution is 2.21. The summed E-state index contributed by atoms with van der Waals surface area (Å²) in [4.78, 5) is 6.51. The Morgan fingerprint density at radius 2 is 2.28 bits per heavy atom. The number of likely N-dealkylation sites (tertiary alicyclic amines) is 1. The van der Waals surface area contributed by atoms with Crippen LogP contribution in [0, 0.1) is 11.3 Å². The second-order valence-corrected chi connectivity index (χ2v) is 5.32. The van der Waals surface area contributed by atoms with Crippen LogP contribution < -0.4 is 5.32 Å². The Balaban J connectivity index is 1.67. The van der Waals surface area contributed by atoms with Gasteiger partial charge in [-0.15, -0.1) is 0 Å². The van der Waals surface area contributed by atoms with E-state index in [1.54, 1.807) is 6.20 Å². The molecule has 18 heavy (non-hydrogen) atoms. The molecule has 0 spiro atoms. The van der Waals surface area contributed by atoms with E-state index in [0.29, 0.717) is 11.7 Å². The van der Waals surface area contributed by atoms with Crippen molar-refractivity contribution in [2.45, 2.75) is 37.9 Å². The lowest BCUT2D eigenvalue weighted by Crippen LogP contribution is -2.34. The fraction of sp³-hybridized carbons (Fsp3) is 0.571. The summed E-state index contributed by atoms with van der Waals surface area (Å²) in [5, 5.41) is 12.5. The van der Waals surface area contributed by atoms with Crippen molar-refractivity contribution in [2.24, 2.45) is 0 Å². The highest BCUT2D eigenvalue weighted by atomic mass is 15.2. The fourth-order valence-electron chi connectivity index (χ4n) is 3.05. The van der Waals surface area contributed by atoms with Gasteiger partial charge in [-0.3, -0.25) is 4.90 Å². The molecule has 2 unspecified atom stereocenters. The molecular weight excluding hydrogens is 224 g/mol. The van der Waals surface area contributed by atoms with Crippen molar-refractivity contribution in [2.75, 3.05) is 13.1 Å². The van der Waals surface area contributed by atoms with Gasteiger partial charge in [0.25, 0.3) is 0 Å². The minimum absolute atomic E-state index is 0.516. The predicted octanol–water partition coefficient (Wildman–Crippen LogP) is 1.28. The largest absolute Gasteiger partial charge is 0.310 e. The Bertz CT molecular complexity index is 465. The van der Waals surface area contributed by atoms with Gasteiger partial charge < -0.3 is 5.32 Å². The summed E-state index contributed by atoms with van der Waals surface area (Å²) in [5.74, 6) is 0. The number of rotatable bonds is 2. The van der Waals surface area contributed by atoms with Gasteiger partial charge in [0.15, 0.2) is 0 Å². The molecule has 2 aliphatic rings. The molecule has 0 amide bonds. The van der Waals surface area contributed by atoms with Crippen molar-refractivity contribution in [1.82, 2.24) is 15.2 Å². The number of nitriles is 1. The lowest BCUT2D eigenvalue weighted by Gasteiger charge is -2.23. The Hall–Kier alpha value is -1.44. The number of pyridine rings is 1. The van der Waals surface area contributed by atoms with Crippen LogP contribution in [0.5, 0.6) is 0 Å². The summed E-state index contributed by atoms with van der Waals surface area (Å²) in [6.45, 7) is 3.21. The summed E-state index contributed by atoms with van der Waals surface area (Å²) in [7, 11) is 0. The van der Waals surface area contributed by atoms with E-state index < -0.39 is 0 Å². The zero-order valence-electron chi connectivity index (χ0n) is 10.5. The molecule has 1 aromatic heterocycles. The van der Waals surface area contributed by atoms with Crippen LogP contribution in [-0.2, 0) is 6.54 Å². The van der Waals surface area contributed by atoms with E-state index in [4.69, 9.17) is 5.26 Å². The van der Waals surface area contributed by atoms with Crippen LogP contribution in [0.4, 0.5) is 0 Å². The zero-order chi connectivity index (χ0) is 12.4. The minimum atomic E-state index is 0.516. The van der Waals surface area contributed by atoms with Gasteiger partial charge in [-0.05, 0) is 37.0 Å². The number of fused-ring (bicyclic) bond motifs is 2. The predicted molar refractivity (Wildman–Crippen MR) is 68.8 cm³/mol. The van der Waals surface area contributed by atoms with Crippen LogP contribution in [0.1, 0.15) is 30.5 Å². The van der Waals surface area contributed by atoms with Gasteiger partial charge in [0.05, 0.1) is 0 Å². The minimum Gasteiger partial charge on any atom is -0.310 e. The number of hydrogen-bond donors (Lipinski definition) is 1. The van der Waals surface area contributed by atoms with Crippen molar-refractivity contribution in [3.8, 4) is 6.07 Å². The van der Waals surface area contributed by atoms with Crippen molar-refractivity contribution in [1.29, 1.82) is 5.26 Å². The topological polar surface area (TPSA) is 52.0 Å². The molecule has 2 aliphatic heterocycles. The van der Waals surface area contributed by atoms with Gasteiger partial charge in [0.1, 0.15) is 11.8 Å². The summed E-state index contributed by atoms with van der Waals surface area (Å²) in [6, 6.07) is 7.40. The van der Waals surface area contributed by atoms with Gasteiger partial charge in [0, 0.05) is 37.9 Å². The Kier molecular flexibility index (Phi) is 3.26. The third kappa shape index (κ3) is 2.53. The molecular formula is C14H18N4. The Morgan fingerprint density at radius 1 is 1.39 bits per heavy atom. The zero-order valence-corrected chi connectivity index (χ0v) is 10.5. The molecule has 1 aromatic rings. The first-order valence-corrected chi connectivity index (χ1v) is 6.67. The van der Waals surface area contributed by atoms with E-state index in [9.17, 15) is 0 Å². The van der Waals surface area contributed by atoms with E-state index in [-0.39, 0.29) is 0 Å². The molecule has 0 aromatic carbocycles. The average Bonchev–Trinajstić information content (AvgIpc) is 2.73. The van der Waals surface area contributed by atoms with Crippen LogP contribution in [0.3, 0.4) is 0 Å². The maximum absolute atomic E-state index is 8.86. The molecule has 94 valence electrons. The van der Waals surface area contributed by atoms with Gasteiger partial charge in [-0.1, -0.05) is 0 Å². The fourth-order valence-corrected chi connectivity index (χ4v) is 3.05. The number of nitrogens with zero attached hydrogens (tertiary/aromatic N) is 3. The smallest absolute Gasteiger partial charge is 0.140 e. The van der Waals surface area contributed by atoms with Crippen molar-refractivity contribution >= 4 is 0 Å². The molecule has 4 heteroatoms. The number of nitrogens with one attached hydrogen (secondary N) is 1. The van der Waals surface area contributed by atoms with E-state index in [0.717, 1.165) is 25.7 Å². The summed E-state index contributed by atoms with van der Waals surface area (Å²) in [5.41, 5.74) is 1.71. The van der Waals surface area contributed by atoms with Crippen molar-refractivity contribution < 1.29 is 0 Å². The van der Waals surface area contributed by atoms with Crippen LogP contribution >= 0.6 is 0 Å². The van der Waals surface area contributed by atoms with Crippen LogP contribution in [-0.4, -0.2) is 35.1 Å². The molecule has 2 fully saturated rings. The highest BCUT2D eigenvalue weighted by molar-refractivity contribution is 5.25. The molecule has 0 saturated carbocycles. The molecule has 2 saturated heterocycles. The van der Waals surface area contributed by atoms with E-state index in [2.05, 4.69) is 21.3 Å². The lowest BCUT2D eigenvalue weighted by molar-refractivity contribution is 0.251. The van der Waals surface area contributed by atoms with Crippen LogP contribution in [0.25, 0.3) is 0 Å². The molecule has 0 radical (unpaired) electrons. The van der Waals surface area contributed by atoms with Gasteiger partial charge >= 0.3 is 0 Å². The summed E-state index contributed by atoms with van der Waals surface area (Å²) in [6.07, 6.45) is 5.62. The third-order valence-corrected chi connectivity index (χ3v) is 3.95. The first-order chi connectivity index (χ1) is 8.83. The molecule has 2 atom stereocenters. The van der Waals surface area contributed by atoms with E-state index >= 15 is 0 Å². The average molecular weight is 242 g/mol.